The molecule has 2 atom stereocenters. The summed E-state index contributed by atoms with van der Waals surface area (Å²) in [6, 6.07) is 24.0. The highest BCUT2D eigenvalue weighted by Gasteiger charge is 2.54. The van der Waals surface area contributed by atoms with E-state index in [1.54, 1.807) is 72.8 Å². The summed E-state index contributed by atoms with van der Waals surface area (Å²) in [5, 5.41) is 16.6. The first-order valence-corrected chi connectivity index (χ1v) is 15.2. The van der Waals surface area contributed by atoms with Gasteiger partial charge in [-0.05, 0) is 64.2 Å². The third kappa shape index (κ3) is 8.12. The molecule has 0 fully saturated rings. The fourth-order valence-electron chi connectivity index (χ4n) is 5.37. The number of amides is 1. The molecule has 15 heteroatoms. The Morgan fingerprint density at radius 1 is 0.980 bits per heavy atom. The minimum atomic E-state index is -1.75. The average molecular weight is 668 g/mol. The van der Waals surface area contributed by atoms with Gasteiger partial charge < -0.3 is 14.6 Å². The topological polar surface area (TPSA) is 190 Å². The second-order valence-electron chi connectivity index (χ2n) is 10.9. The third-order valence-electron chi connectivity index (χ3n) is 7.76. The standard InChI is InChI=1S/C34H31F2N9O4/c35-28-15-10-22(18-29(28)36)20-39-43-33(47)34(19-24-6-1-2-7-25(24)21-40-44-37)31(27-8-3-4-9-30(27)42-45-38)49-32(41-34)23-11-13-26(14-12-23)48-17-5-16-46/h1-4,6-15,18,31,39,46H,5,16-17,19-21H2,(H,43,47)/t31-,34-/m0/s1. The van der Waals surface area contributed by atoms with Gasteiger partial charge in [0.15, 0.2) is 23.3 Å². The lowest BCUT2D eigenvalue weighted by Gasteiger charge is -2.32. The number of hydrazine groups is 1. The van der Waals surface area contributed by atoms with Crippen LogP contribution in [-0.2, 0) is 29.0 Å². The van der Waals surface area contributed by atoms with Crippen LogP contribution in [0, 0.1) is 11.6 Å². The van der Waals surface area contributed by atoms with E-state index in [0.29, 0.717) is 46.6 Å². The molecule has 1 aliphatic rings. The quantitative estimate of drug-likeness (QED) is 0.0412. The molecule has 0 radical (unpaired) electrons. The number of nitrogens with one attached hydrogen (secondary N) is 2. The molecule has 0 saturated heterocycles. The van der Waals surface area contributed by atoms with E-state index in [4.69, 9.17) is 25.1 Å². The van der Waals surface area contributed by atoms with Crippen LogP contribution >= 0.6 is 0 Å². The molecule has 13 nitrogen and oxygen atoms in total. The first kappa shape index (κ1) is 34.4. The number of azide groups is 2. The normalized spacial score (nSPS) is 16.5. The van der Waals surface area contributed by atoms with E-state index in [0.717, 1.165) is 12.1 Å². The molecule has 250 valence electrons. The lowest BCUT2D eigenvalue weighted by Crippen LogP contribution is -2.53. The largest absolute Gasteiger partial charge is 0.494 e. The molecule has 1 heterocycles. The predicted octanol–water partition coefficient (Wildman–Crippen LogP) is 6.80. The summed E-state index contributed by atoms with van der Waals surface area (Å²) in [5.74, 6) is -2.00. The highest BCUT2D eigenvalue weighted by Crippen LogP contribution is 2.45. The Balaban J connectivity index is 1.60. The van der Waals surface area contributed by atoms with Crippen molar-refractivity contribution in [3.05, 3.63) is 151 Å². The van der Waals surface area contributed by atoms with E-state index in [1.807, 2.05) is 0 Å². The van der Waals surface area contributed by atoms with Gasteiger partial charge in [-0.2, -0.15) is 0 Å². The monoisotopic (exact) mass is 667 g/mol. The number of carbonyl (C=O) groups is 1. The van der Waals surface area contributed by atoms with Crippen molar-refractivity contribution < 1.29 is 28.2 Å². The number of benzene rings is 4. The van der Waals surface area contributed by atoms with Gasteiger partial charge in [-0.15, -0.1) is 0 Å². The summed E-state index contributed by atoms with van der Waals surface area (Å²) in [6.07, 6.45) is -0.723. The zero-order valence-corrected chi connectivity index (χ0v) is 26.0. The number of halogens is 2. The molecule has 5 rings (SSSR count). The summed E-state index contributed by atoms with van der Waals surface area (Å²) in [4.78, 5) is 25.3. The summed E-state index contributed by atoms with van der Waals surface area (Å²) in [7, 11) is 0. The van der Waals surface area contributed by atoms with Gasteiger partial charge in [-0.25, -0.2) is 19.2 Å². The van der Waals surface area contributed by atoms with Crippen LogP contribution < -0.4 is 15.6 Å². The maximum absolute atomic E-state index is 14.5. The molecule has 0 spiro atoms. The zero-order chi connectivity index (χ0) is 34.6. The Hall–Kier alpha value is -5.98. The smallest absolute Gasteiger partial charge is 0.266 e. The predicted molar refractivity (Wildman–Crippen MR) is 176 cm³/mol. The van der Waals surface area contributed by atoms with Crippen LogP contribution in [-0.4, -0.2) is 35.7 Å². The van der Waals surface area contributed by atoms with Crippen molar-refractivity contribution in [1.82, 2.24) is 10.9 Å². The van der Waals surface area contributed by atoms with Crippen LogP contribution in [0.5, 0.6) is 5.75 Å². The fraction of sp³-hybridized carbons (Fsp3) is 0.235. The molecule has 0 bridgehead atoms. The molecule has 0 aliphatic carbocycles. The van der Waals surface area contributed by atoms with Crippen molar-refractivity contribution in [3.8, 4) is 5.75 Å². The number of hydrogen-bond donors (Lipinski definition) is 3. The van der Waals surface area contributed by atoms with Gasteiger partial charge in [0.2, 0.25) is 5.90 Å². The molecular formula is C34H31F2N9O4. The molecule has 4 aromatic rings. The van der Waals surface area contributed by atoms with Crippen LogP contribution in [0.1, 0.15) is 40.3 Å². The molecule has 4 aromatic carbocycles. The highest BCUT2D eigenvalue weighted by molar-refractivity contribution is 6.01. The molecule has 0 unspecified atom stereocenters. The second-order valence-corrected chi connectivity index (χ2v) is 10.9. The highest BCUT2D eigenvalue weighted by atomic mass is 19.2. The molecule has 1 aliphatic heterocycles. The Bertz CT molecular complexity index is 1930. The third-order valence-corrected chi connectivity index (χ3v) is 7.76. The molecule has 49 heavy (non-hydrogen) atoms. The van der Waals surface area contributed by atoms with Gasteiger partial charge in [0.05, 0.1) is 13.2 Å². The summed E-state index contributed by atoms with van der Waals surface area (Å²) in [5.41, 5.74) is 24.9. The number of nitrogens with zero attached hydrogens (tertiary/aromatic N) is 7. The summed E-state index contributed by atoms with van der Waals surface area (Å²) >= 11 is 0. The van der Waals surface area contributed by atoms with Crippen molar-refractivity contribution >= 4 is 17.5 Å². The summed E-state index contributed by atoms with van der Waals surface area (Å²) < 4.78 is 39.6. The average Bonchev–Trinajstić information content (AvgIpc) is 3.50. The number of ether oxygens (including phenoxy) is 2. The number of rotatable bonds is 15. The lowest BCUT2D eigenvalue weighted by molar-refractivity contribution is -0.130. The van der Waals surface area contributed by atoms with E-state index in [-0.39, 0.29) is 37.7 Å². The summed E-state index contributed by atoms with van der Waals surface area (Å²) in [6.45, 7) is 0.268. The van der Waals surface area contributed by atoms with Gasteiger partial charge in [0, 0.05) is 52.6 Å². The SMILES string of the molecule is [N-]=[N+]=NCc1ccccc1C[C@]1(C(=O)NNCc2ccc(F)c(F)c2)N=C(c2ccc(OCCCO)cc2)O[C@H]1c1ccccc1N=[N+]=[N-]. The van der Waals surface area contributed by atoms with Crippen LogP contribution in [0.2, 0.25) is 0 Å². The van der Waals surface area contributed by atoms with Crippen molar-refractivity contribution in [2.45, 2.75) is 37.6 Å². The molecular weight excluding hydrogens is 636 g/mol. The molecule has 1 amide bonds. The maximum Gasteiger partial charge on any atom is 0.266 e. The Kier molecular flexibility index (Phi) is 11.4. The van der Waals surface area contributed by atoms with Gasteiger partial charge in [-0.1, -0.05) is 64.8 Å². The van der Waals surface area contributed by atoms with Gasteiger partial charge in [0.1, 0.15) is 5.75 Å². The second kappa shape index (κ2) is 16.2. The number of aliphatic hydroxyl groups is 1. The van der Waals surface area contributed by atoms with Gasteiger partial charge in [0.25, 0.3) is 5.91 Å². The number of hydrogen-bond acceptors (Lipinski definition) is 8. The van der Waals surface area contributed by atoms with Gasteiger partial charge in [-0.3, -0.25) is 10.2 Å². The Morgan fingerprint density at radius 3 is 2.47 bits per heavy atom. The molecule has 0 aromatic heterocycles. The van der Waals surface area contributed by atoms with Gasteiger partial charge >= 0.3 is 0 Å². The minimum Gasteiger partial charge on any atom is -0.494 e. The van der Waals surface area contributed by atoms with Crippen LogP contribution in [0.3, 0.4) is 0 Å². The maximum atomic E-state index is 14.5. The Labute approximate surface area is 279 Å². The number of aliphatic imine (C=N–C) groups is 1. The van der Waals surface area contributed by atoms with E-state index >= 15 is 0 Å². The van der Waals surface area contributed by atoms with E-state index in [9.17, 15) is 19.1 Å². The first-order chi connectivity index (χ1) is 23.9. The number of carbonyl (C=O) groups excluding carboxylic acids is 1. The van der Waals surface area contributed by atoms with Crippen molar-refractivity contribution in [2.75, 3.05) is 13.2 Å². The van der Waals surface area contributed by atoms with Crippen molar-refractivity contribution in [1.29, 1.82) is 0 Å². The lowest BCUT2D eigenvalue weighted by atomic mass is 9.80. The van der Waals surface area contributed by atoms with E-state index in [1.165, 1.54) is 6.07 Å². The Morgan fingerprint density at radius 2 is 1.73 bits per heavy atom. The van der Waals surface area contributed by atoms with E-state index < -0.39 is 29.2 Å². The van der Waals surface area contributed by atoms with Crippen LogP contribution in [0.25, 0.3) is 20.9 Å². The van der Waals surface area contributed by atoms with Crippen molar-refractivity contribution in [3.63, 3.8) is 0 Å². The fourth-order valence-corrected chi connectivity index (χ4v) is 5.37. The van der Waals surface area contributed by atoms with Crippen LogP contribution in [0.4, 0.5) is 14.5 Å². The first-order valence-electron chi connectivity index (χ1n) is 15.2. The zero-order valence-electron chi connectivity index (χ0n) is 26.0. The van der Waals surface area contributed by atoms with Crippen molar-refractivity contribution in [2.24, 2.45) is 15.2 Å². The minimum absolute atomic E-state index is 0.00673. The van der Waals surface area contributed by atoms with E-state index in [2.05, 4.69) is 30.9 Å². The molecule has 3 N–H and O–H groups in total. The molecule has 0 saturated carbocycles. The van der Waals surface area contributed by atoms with Crippen LogP contribution in [0.15, 0.2) is 106 Å². The number of aliphatic hydroxyl groups excluding tert-OH is 1.